The summed E-state index contributed by atoms with van der Waals surface area (Å²) in [4.78, 5) is 21.1. The number of hydrogen-bond donors (Lipinski definition) is 0. The summed E-state index contributed by atoms with van der Waals surface area (Å²) in [6.07, 6.45) is 14.7. The van der Waals surface area contributed by atoms with Crippen LogP contribution in [-0.2, 0) is 4.74 Å². The van der Waals surface area contributed by atoms with Crippen LogP contribution in [0.1, 0.15) is 77.3 Å². The SMILES string of the molecule is CC/C=C\CC(c1ccc(Cl)cc1/C=C/CN1C=NC(C)C1)C1CCN(C(=O)OC(C)(C)C)CC1. The number of ether oxygens (including phenoxy) is 1. The second kappa shape index (κ2) is 12.6. The monoisotopic (exact) mass is 499 g/mol. The number of carbonyl (C=O) groups is 1. The molecule has 0 saturated carbocycles. The number of hydrogen-bond acceptors (Lipinski definition) is 4. The van der Waals surface area contributed by atoms with Gasteiger partial charge in [-0.3, -0.25) is 4.99 Å². The van der Waals surface area contributed by atoms with Gasteiger partial charge in [-0.05, 0) is 88.5 Å². The number of piperidine rings is 1. The van der Waals surface area contributed by atoms with Crippen LogP contribution < -0.4 is 0 Å². The Bertz CT molecular complexity index is 926. The molecule has 35 heavy (non-hydrogen) atoms. The van der Waals surface area contributed by atoms with Gasteiger partial charge in [-0.15, -0.1) is 0 Å². The Balaban J connectivity index is 1.75. The summed E-state index contributed by atoms with van der Waals surface area (Å²) in [6.45, 7) is 13.3. The molecular weight excluding hydrogens is 458 g/mol. The Morgan fingerprint density at radius 1 is 1.23 bits per heavy atom. The molecule has 0 aliphatic carbocycles. The summed E-state index contributed by atoms with van der Waals surface area (Å²) in [5.74, 6) is 0.874. The molecule has 1 aromatic rings. The molecule has 2 aliphatic heterocycles. The molecule has 1 fully saturated rings. The third kappa shape index (κ3) is 8.42. The number of rotatable bonds is 8. The number of aliphatic imine (C=N–C) groups is 1. The average Bonchev–Trinajstić information content (AvgIpc) is 3.21. The first-order valence-electron chi connectivity index (χ1n) is 13.0. The number of carbonyl (C=O) groups excluding carboxylic acids is 1. The first-order chi connectivity index (χ1) is 16.7. The van der Waals surface area contributed by atoms with Crippen molar-refractivity contribution in [2.75, 3.05) is 26.2 Å². The maximum Gasteiger partial charge on any atom is 0.410 e. The van der Waals surface area contributed by atoms with Gasteiger partial charge in [0.25, 0.3) is 0 Å². The normalized spacial score (nSPS) is 20.3. The van der Waals surface area contributed by atoms with E-state index in [0.29, 0.717) is 17.9 Å². The minimum atomic E-state index is -0.467. The molecule has 0 radical (unpaired) electrons. The molecule has 2 unspecified atom stereocenters. The molecule has 5 nitrogen and oxygen atoms in total. The van der Waals surface area contributed by atoms with Crippen molar-refractivity contribution in [2.24, 2.45) is 10.9 Å². The highest BCUT2D eigenvalue weighted by Gasteiger charge is 2.31. The Morgan fingerprint density at radius 2 is 1.97 bits per heavy atom. The zero-order valence-corrected chi connectivity index (χ0v) is 22.8. The second-order valence-corrected chi connectivity index (χ2v) is 11.2. The van der Waals surface area contributed by atoms with Gasteiger partial charge in [-0.1, -0.05) is 48.9 Å². The fraction of sp³-hybridized carbons (Fsp3) is 0.586. The lowest BCUT2D eigenvalue weighted by molar-refractivity contribution is 0.0174. The number of benzene rings is 1. The van der Waals surface area contributed by atoms with Crippen molar-refractivity contribution in [3.8, 4) is 0 Å². The van der Waals surface area contributed by atoms with E-state index in [1.54, 1.807) is 0 Å². The molecule has 0 aromatic heterocycles. The molecule has 0 N–H and O–H groups in total. The maximum atomic E-state index is 12.6. The van der Waals surface area contributed by atoms with Gasteiger partial charge in [-0.2, -0.15) is 0 Å². The van der Waals surface area contributed by atoms with Gasteiger partial charge in [0.05, 0.1) is 12.4 Å². The summed E-state index contributed by atoms with van der Waals surface area (Å²) >= 11 is 6.43. The number of amides is 1. The molecule has 0 spiro atoms. The Hall–Kier alpha value is -2.27. The smallest absolute Gasteiger partial charge is 0.410 e. The van der Waals surface area contributed by atoms with E-state index in [4.69, 9.17) is 16.3 Å². The molecule has 1 amide bonds. The summed E-state index contributed by atoms with van der Waals surface area (Å²) in [7, 11) is 0. The predicted molar refractivity (Wildman–Crippen MR) is 147 cm³/mol. The van der Waals surface area contributed by atoms with Crippen LogP contribution in [0.3, 0.4) is 0 Å². The molecule has 2 heterocycles. The van der Waals surface area contributed by atoms with E-state index < -0.39 is 5.60 Å². The van der Waals surface area contributed by atoms with E-state index in [2.05, 4.69) is 60.2 Å². The van der Waals surface area contributed by atoms with Crippen LogP contribution in [0.5, 0.6) is 0 Å². The van der Waals surface area contributed by atoms with E-state index in [0.717, 1.165) is 56.9 Å². The van der Waals surface area contributed by atoms with Crippen LogP contribution in [0.2, 0.25) is 5.02 Å². The summed E-state index contributed by atoms with van der Waals surface area (Å²) < 4.78 is 5.60. The van der Waals surface area contributed by atoms with Gasteiger partial charge >= 0.3 is 6.09 Å². The Labute approximate surface area is 216 Å². The number of halogens is 1. The zero-order chi connectivity index (χ0) is 25.4. The minimum absolute atomic E-state index is 0.201. The highest BCUT2D eigenvalue weighted by atomic mass is 35.5. The van der Waals surface area contributed by atoms with E-state index in [-0.39, 0.29) is 6.09 Å². The molecule has 192 valence electrons. The maximum absolute atomic E-state index is 12.6. The topological polar surface area (TPSA) is 45.1 Å². The minimum Gasteiger partial charge on any atom is -0.444 e. The molecule has 2 aliphatic rings. The number of nitrogens with zero attached hydrogens (tertiary/aromatic N) is 3. The lowest BCUT2D eigenvalue weighted by atomic mass is 9.76. The zero-order valence-electron chi connectivity index (χ0n) is 22.0. The first kappa shape index (κ1) is 27.3. The lowest BCUT2D eigenvalue weighted by Crippen LogP contribution is -2.42. The van der Waals surface area contributed by atoms with Crippen LogP contribution in [-0.4, -0.2) is 60.1 Å². The van der Waals surface area contributed by atoms with Crippen LogP contribution in [0.4, 0.5) is 4.79 Å². The molecular formula is C29H42ClN3O2. The molecule has 0 bridgehead atoms. The fourth-order valence-electron chi connectivity index (χ4n) is 4.90. The predicted octanol–water partition coefficient (Wildman–Crippen LogP) is 7.17. The van der Waals surface area contributed by atoms with Gasteiger partial charge in [0.15, 0.2) is 0 Å². The van der Waals surface area contributed by atoms with Crippen LogP contribution in [0.15, 0.2) is 41.4 Å². The molecule has 1 aromatic carbocycles. The summed E-state index contributed by atoms with van der Waals surface area (Å²) in [6, 6.07) is 6.66. The van der Waals surface area contributed by atoms with Crippen molar-refractivity contribution in [3.05, 3.63) is 52.6 Å². The van der Waals surface area contributed by atoms with Gasteiger partial charge in [-0.25, -0.2) is 4.79 Å². The van der Waals surface area contributed by atoms with E-state index in [1.165, 1.54) is 11.1 Å². The first-order valence-corrected chi connectivity index (χ1v) is 13.4. The Morgan fingerprint density at radius 3 is 2.60 bits per heavy atom. The van der Waals surface area contributed by atoms with Crippen molar-refractivity contribution in [1.29, 1.82) is 0 Å². The molecule has 3 rings (SSSR count). The largest absolute Gasteiger partial charge is 0.444 e. The van der Waals surface area contributed by atoms with E-state index >= 15 is 0 Å². The van der Waals surface area contributed by atoms with Crippen LogP contribution >= 0.6 is 11.6 Å². The molecule has 1 saturated heterocycles. The van der Waals surface area contributed by atoms with Gasteiger partial charge in [0.1, 0.15) is 5.60 Å². The highest BCUT2D eigenvalue weighted by molar-refractivity contribution is 6.30. The average molecular weight is 500 g/mol. The van der Waals surface area contributed by atoms with Crippen LogP contribution in [0.25, 0.3) is 6.08 Å². The van der Waals surface area contributed by atoms with Gasteiger partial charge in [0, 0.05) is 31.2 Å². The van der Waals surface area contributed by atoms with Crippen molar-refractivity contribution < 1.29 is 9.53 Å². The van der Waals surface area contributed by atoms with Gasteiger partial charge in [0.2, 0.25) is 0 Å². The van der Waals surface area contributed by atoms with E-state index in [1.807, 2.05) is 38.1 Å². The molecule has 6 heteroatoms. The number of allylic oxidation sites excluding steroid dienone is 2. The standard InChI is InChI=1S/C29H42ClN3O2/c1-6-7-8-11-26(23-14-17-33(18-15-23)28(34)35-29(3,4)5)27-13-12-25(30)19-24(27)10-9-16-32-20-22(2)31-21-32/h7-10,12-13,19,21-23,26H,6,11,14-18,20H2,1-5H3/b8-7-,10-9+. The third-order valence-corrected chi connectivity index (χ3v) is 6.86. The summed E-state index contributed by atoms with van der Waals surface area (Å²) in [5, 5.41) is 0.757. The summed E-state index contributed by atoms with van der Waals surface area (Å²) in [5.41, 5.74) is 2.06. The highest BCUT2D eigenvalue weighted by Crippen LogP contribution is 2.38. The van der Waals surface area contributed by atoms with Crippen molar-refractivity contribution in [3.63, 3.8) is 0 Å². The van der Waals surface area contributed by atoms with E-state index in [9.17, 15) is 4.79 Å². The third-order valence-electron chi connectivity index (χ3n) is 6.62. The fourth-order valence-corrected chi connectivity index (χ4v) is 5.08. The van der Waals surface area contributed by atoms with Crippen molar-refractivity contribution in [2.45, 2.75) is 77.9 Å². The number of likely N-dealkylation sites (tertiary alicyclic amines) is 1. The quantitative estimate of drug-likeness (QED) is 0.356. The van der Waals surface area contributed by atoms with Crippen molar-refractivity contribution in [1.82, 2.24) is 9.80 Å². The molecule has 2 atom stereocenters. The Kier molecular flexibility index (Phi) is 9.85. The lowest BCUT2D eigenvalue weighted by Gasteiger charge is -2.37. The second-order valence-electron chi connectivity index (χ2n) is 10.8. The van der Waals surface area contributed by atoms with Gasteiger partial charge < -0.3 is 14.5 Å². The van der Waals surface area contributed by atoms with Crippen molar-refractivity contribution >= 4 is 30.1 Å². The van der Waals surface area contributed by atoms with Crippen LogP contribution in [0, 0.1) is 5.92 Å².